The van der Waals surface area contributed by atoms with Crippen LogP contribution in [0.15, 0.2) is 49.1 Å². The highest BCUT2D eigenvalue weighted by atomic mass is 16.5. The Labute approximate surface area is 198 Å². The van der Waals surface area contributed by atoms with Gasteiger partial charge in [0, 0.05) is 43.5 Å². The number of carbonyl (C=O) groups excluding carboxylic acids is 3. The summed E-state index contributed by atoms with van der Waals surface area (Å²) in [7, 11) is 0. The van der Waals surface area contributed by atoms with E-state index in [0.29, 0.717) is 49.8 Å². The molecule has 2 amide bonds. The van der Waals surface area contributed by atoms with E-state index < -0.39 is 0 Å². The summed E-state index contributed by atoms with van der Waals surface area (Å²) in [6.07, 6.45) is 2.07. The Morgan fingerprint density at radius 3 is 2.50 bits per heavy atom. The van der Waals surface area contributed by atoms with E-state index in [1.807, 2.05) is 18.2 Å². The molecule has 178 valence electrons. The van der Waals surface area contributed by atoms with Gasteiger partial charge in [-0.05, 0) is 55.8 Å². The summed E-state index contributed by atoms with van der Waals surface area (Å²) in [4.78, 5) is 45.0. The van der Waals surface area contributed by atoms with Gasteiger partial charge >= 0.3 is 0 Å². The lowest BCUT2D eigenvalue weighted by atomic mass is 10.1. The van der Waals surface area contributed by atoms with E-state index in [1.165, 1.54) is 13.0 Å². The van der Waals surface area contributed by atoms with Crippen molar-refractivity contribution in [3.05, 3.63) is 60.2 Å². The van der Waals surface area contributed by atoms with Crippen molar-refractivity contribution in [3.63, 3.8) is 0 Å². The number of carbonyl (C=O) groups is 3. The SMILES string of the molecule is C=CC(=O)N[C@H]1CCN(c2ccc(C(C)=O)c(Nc3ccc(C(=O)N4CCOCC4)cc3)n2)C1. The summed E-state index contributed by atoms with van der Waals surface area (Å²) in [6.45, 7) is 8.65. The van der Waals surface area contributed by atoms with Gasteiger partial charge in [0.05, 0.1) is 18.8 Å². The van der Waals surface area contributed by atoms with Crippen LogP contribution in [0.3, 0.4) is 0 Å². The second-order valence-corrected chi connectivity index (χ2v) is 8.37. The quantitative estimate of drug-likeness (QED) is 0.480. The van der Waals surface area contributed by atoms with Crippen molar-refractivity contribution in [1.29, 1.82) is 0 Å². The number of benzene rings is 1. The van der Waals surface area contributed by atoms with Crippen LogP contribution in [0.4, 0.5) is 17.3 Å². The molecule has 34 heavy (non-hydrogen) atoms. The number of nitrogens with zero attached hydrogens (tertiary/aromatic N) is 3. The molecule has 2 saturated heterocycles. The van der Waals surface area contributed by atoms with Gasteiger partial charge in [-0.3, -0.25) is 14.4 Å². The first-order chi connectivity index (χ1) is 16.4. The van der Waals surface area contributed by atoms with Gasteiger partial charge in [0.1, 0.15) is 11.6 Å². The summed E-state index contributed by atoms with van der Waals surface area (Å²) in [5.74, 6) is 0.868. The van der Waals surface area contributed by atoms with Crippen LogP contribution in [-0.2, 0) is 9.53 Å². The van der Waals surface area contributed by atoms with Crippen LogP contribution in [0.5, 0.6) is 0 Å². The number of ether oxygens (including phenoxy) is 1. The minimum Gasteiger partial charge on any atom is -0.378 e. The minimum absolute atomic E-state index is 0.0211. The largest absolute Gasteiger partial charge is 0.378 e. The second kappa shape index (κ2) is 10.5. The molecular formula is C25H29N5O4. The first-order valence-electron chi connectivity index (χ1n) is 11.4. The third-order valence-corrected chi connectivity index (χ3v) is 6.00. The van der Waals surface area contributed by atoms with Crippen molar-refractivity contribution in [2.75, 3.05) is 49.6 Å². The van der Waals surface area contributed by atoms with Crippen molar-refractivity contribution >= 4 is 34.9 Å². The molecular weight excluding hydrogens is 434 g/mol. The van der Waals surface area contributed by atoms with Gasteiger partial charge < -0.3 is 25.2 Å². The first-order valence-corrected chi connectivity index (χ1v) is 11.4. The fourth-order valence-corrected chi connectivity index (χ4v) is 4.13. The number of nitrogens with one attached hydrogen (secondary N) is 2. The van der Waals surface area contributed by atoms with Crippen molar-refractivity contribution in [3.8, 4) is 0 Å². The lowest BCUT2D eigenvalue weighted by Crippen LogP contribution is -2.40. The van der Waals surface area contributed by atoms with E-state index in [2.05, 4.69) is 22.1 Å². The number of hydrogen-bond donors (Lipinski definition) is 2. The summed E-state index contributed by atoms with van der Waals surface area (Å²) in [5, 5.41) is 6.15. The van der Waals surface area contributed by atoms with E-state index in [9.17, 15) is 14.4 Å². The molecule has 9 heteroatoms. The monoisotopic (exact) mass is 463 g/mol. The molecule has 1 aromatic carbocycles. The lowest BCUT2D eigenvalue weighted by molar-refractivity contribution is -0.117. The van der Waals surface area contributed by atoms with Gasteiger partial charge in [-0.25, -0.2) is 4.98 Å². The fourth-order valence-electron chi connectivity index (χ4n) is 4.13. The zero-order chi connectivity index (χ0) is 24.1. The second-order valence-electron chi connectivity index (χ2n) is 8.37. The van der Waals surface area contributed by atoms with E-state index in [-0.39, 0.29) is 23.6 Å². The third kappa shape index (κ3) is 5.43. The smallest absolute Gasteiger partial charge is 0.254 e. The third-order valence-electron chi connectivity index (χ3n) is 6.00. The Morgan fingerprint density at radius 2 is 1.82 bits per heavy atom. The standard InChI is InChI=1S/C25H29N5O4/c1-3-23(32)26-20-10-11-30(16-20)22-9-8-21(17(2)31)24(28-22)27-19-6-4-18(5-7-19)25(33)29-12-14-34-15-13-29/h3-9,20H,1,10-16H2,2H3,(H,26,32)(H,27,28)/t20-/m0/s1. The maximum atomic E-state index is 12.7. The number of amides is 2. The predicted octanol–water partition coefficient (Wildman–Crippen LogP) is 2.38. The molecule has 3 heterocycles. The highest BCUT2D eigenvalue weighted by molar-refractivity contribution is 6.00. The molecule has 0 radical (unpaired) electrons. The topological polar surface area (TPSA) is 104 Å². The molecule has 0 saturated carbocycles. The molecule has 0 spiro atoms. The molecule has 1 aromatic heterocycles. The molecule has 2 aromatic rings. The number of hydrogen-bond acceptors (Lipinski definition) is 7. The number of Topliss-reactive ketones (excluding diaryl/α,β-unsaturated/α-hetero) is 1. The predicted molar refractivity (Wildman–Crippen MR) is 130 cm³/mol. The Bertz CT molecular complexity index is 1080. The van der Waals surface area contributed by atoms with Gasteiger partial charge in [-0.2, -0.15) is 0 Å². The highest BCUT2D eigenvalue weighted by Gasteiger charge is 2.25. The molecule has 0 bridgehead atoms. The molecule has 2 aliphatic heterocycles. The number of aromatic nitrogens is 1. The van der Waals surface area contributed by atoms with E-state index in [0.717, 1.165) is 24.5 Å². The van der Waals surface area contributed by atoms with E-state index >= 15 is 0 Å². The zero-order valence-electron chi connectivity index (χ0n) is 19.3. The van der Waals surface area contributed by atoms with Crippen molar-refractivity contribution in [2.45, 2.75) is 19.4 Å². The normalized spacial score (nSPS) is 17.9. The van der Waals surface area contributed by atoms with Gasteiger partial charge in [0.25, 0.3) is 5.91 Å². The lowest BCUT2D eigenvalue weighted by Gasteiger charge is -2.26. The number of rotatable bonds is 7. The molecule has 4 rings (SSSR count). The van der Waals surface area contributed by atoms with Gasteiger partial charge in [0.2, 0.25) is 5.91 Å². The Hall–Kier alpha value is -3.72. The minimum atomic E-state index is -0.190. The van der Waals surface area contributed by atoms with Crippen molar-refractivity contribution in [1.82, 2.24) is 15.2 Å². The highest BCUT2D eigenvalue weighted by Crippen LogP contribution is 2.26. The number of anilines is 3. The van der Waals surface area contributed by atoms with Crippen LogP contribution in [-0.4, -0.2) is 72.9 Å². The van der Waals surface area contributed by atoms with E-state index in [1.54, 1.807) is 23.1 Å². The number of morpholine rings is 1. The van der Waals surface area contributed by atoms with Crippen molar-refractivity contribution in [2.24, 2.45) is 0 Å². The zero-order valence-corrected chi connectivity index (χ0v) is 19.3. The molecule has 1 atom stereocenters. The van der Waals surface area contributed by atoms with Crippen LogP contribution < -0.4 is 15.5 Å². The molecule has 0 aliphatic carbocycles. The van der Waals surface area contributed by atoms with Crippen LogP contribution in [0.2, 0.25) is 0 Å². The Balaban J connectivity index is 1.48. The molecule has 2 aliphatic rings. The molecule has 2 fully saturated rings. The molecule has 9 nitrogen and oxygen atoms in total. The maximum absolute atomic E-state index is 12.7. The Morgan fingerprint density at radius 1 is 1.09 bits per heavy atom. The summed E-state index contributed by atoms with van der Waals surface area (Å²) in [6, 6.07) is 10.8. The number of ketones is 1. The average Bonchev–Trinajstić information content (AvgIpc) is 3.32. The summed E-state index contributed by atoms with van der Waals surface area (Å²) in [5.41, 5.74) is 1.81. The summed E-state index contributed by atoms with van der Waals surface area (Å²) < 4.78 is 5.31. The molecule has 0 unspecified atom stereocenters. The van der Waals surface area contributed by atoms with Crippen LogP contribution in [0.25, 0.3) is 0 Å². The summed E-state index contributed by atoms with van der Waals surface area (Å²) >= 11 is 0. The van der Waals surface area contributed by atoms with E-state index in [4.69, 9.17) is 9.72 Å². The van der Waals surface area contributed by atoms with Crippen LogP contribution >= 0.6 is 0 Å². The van der Waals surface area contributed by atoms with Crippen LogP contribution in [0.1, 0.15) is 34.1 Å². The first kappa shape index (κ1) is 23.4. The van der Waals surface area contributed by atoms with Crippen molar-refractivity contribution < 1.29 is 19.1 Å². The Kier molecular flexibility index (Phi) is 7.22. The van der Waals surface area contributed by atoms with Crippen LogP contribution in [0, 0.1) is 0 Å². The number of pyridine rings is 1. The maximum Gasteiger partial charge on any atom is 0.254 e. The average molecular weight is 464 g/mol. The fraction of sp³-hybridized carbons (Fsp3) is 0.360. The van der Waals surface area contributed by atoms with Gasteiger partial charge in [-0.15, -0.1) is 0 Å². The van der Waals surface area contributed by atoms with Gasteiger partial charge in [-0.1, -0.05) is 6.58 Å². The molecule has 2 N–H and O–H groups in total. The van der Waals surface area contributed by atoms with Gasteiger partial charge in [0.15, 0.2) is 5.78 Å².